The van der Waals surface area contributed by atoms with Crippen molar-refractivity contribution < 1.29 is 14.2 Å². The number of nitriles is 1. The van der Waals surface area contributed by atoms with Gasteiger partial charge in [-0.15, -0.1) is 0 Å². The smallest absolute Gasteiger partial charge is 0.175 e. The molecule has 0 unspecified atom stereocenters. The topological polar surface area (TPSA) is 51.5 Å². The van der Waals surface area contributed by atoms with Gasteiger partial charge in [0.25, 0.3) is 0 Å². The Kier molecular flexibility index (Phi) is 7.40. The molecule has 0 amide bonds. The second kappa shape index (κ2) is 10.2. The zero-order chi connectivity index (χ0) is 21.5. The van der Waals surface area contributed by atoms with E-state index in [1.165, 1.54) is 0 Å². The molecular weight excluding hydrogens is 466 g/mol. The van der Waals surface area contributed by atoms with Gasteiger partial charge in [-0.25, -0.2) is 0 Å². The largest absolute Gasteiger partial charge is 0.497 e. The van der Waals surface area contributed by atoms with Crippen LogP contribution in [-0.4, -0.2) is 14.2 Å². The molecule has 0 atom stereocenters. The second-order valence-electron chi connectivity index (χ2n) is 6.35. The monoisotopic (exact) mass is 483 g/mol. The fourth-order valence-electron chi connectivity index (χ4n) is 2.82. The molecule has 3 aromatic carbocycles. The zero-order valence-electron chi connectivity index (χ0n) is 16.5. The van der Waals surface area contributed by atoms with E-state index in [1.807, 2.05) is 60.7 Å². The standard InChI is InChI=1S/C24H19BrClNO3/c1-28-21-9-5-18(6-10-21)19(14-27)11-17-12-22(25)24(23(13-17)29-2)30-15-16-3-7-20(26)8-4-16/h3-13H,15H2,1-2H3/b19-11+. The Bertz CT molecular complexity index is 1090. The van der Waals surface area contributed by atoms with Crippen molar-refractivity contribution >= 4 is 39.2 Å². The van der Waals surface area contributed by atoms with Crippen molar-refractivity contribution in [2.45, 2.75) is 6.61 Å². The Labute approximate surface area is 189 Å². The SMILES string of the molecule is COc1ccc(/C(C#N)=C/c2cc(Br)c(OCc3ccc(Cl)cc3)c(OC)c2)cc1. The molecular formula is C24H19BrClNO3. The molecule has 6 heteroatoms. The van der Waals surface area contributed by atoms with Crippen LogP contribution in [0.3, 0.4) is 0 Å². The van der Waals surface area contributed by atoms with Gasteiger partial charge >= 0.3 is 0 Å². The Morgan fingerprint density at radius 1 is 1.03 bits per heavy atom. The molecule has 0 N–H and O–H groups in total. The van der Waals surface area contributed by atoms with Gasteiger partial charge in [-0.1, -0.05) is 23.7 Å². The van der Waals surface area contributed by atoms with E-state index in [0.29, 0.717) is 28.7 Å². The molecule has 0 aromatic heterocycles. The summed E-state index contributed by atoms with van der Waals surface area (Å²) in [6, 6.07) is 20.8. The molecule has 0 spiro atoms. The van der Waals surface area contributed by atoms with Crippen molar-refractivity contribution in [1.82, 2.24) is 0 Å². The maximum absolute atomic E-state index is 9.62. The molecule has 0 saturated heterocycles. The van der Waals surface area contributed by atoms with E-state index in [0.717, 1.165) is 26.9 Å². The molecule has 4 nitrogen and oxygen atoms in total. The van der Waals surface area contributed by atoms with Gasteiger partial charge in [0, 0.05) is 5.02 Å². The second-order valence-corrected chi connectivity index (χ2v) is 7.64. The lowest BCUT2D eigenvalue weighted by Gasteiger charge is -2.14. The first-order valence-corrected chi connectivity index (χ1v) is 10.2. The third-order valence-electron chi connectivity index (χ3n) is 4.38. The van der Waals surface area contributed by atoms with E-state index in [9.17, 15) is 5.26 Å². The van der Waals surface area contributed by atoms with E-state index in [-0.39, 0.29) is 0 Å². The van der Waals surface area contributed by atoms with Crippen LogP contribution < -0.4 is 14.2 Å². The van der Waals surface area contributed by atoms with Crippen LogP contribution in [-0.2, 0) is 6.61 Å². The van der Waals surface area contributed by atoms with Crippen molar-refractivity contribution in [3.8, 4) is 23.3 Å². The Hall–Kier alpha value is -2.94. The molecule has 0 aliphatic carbocycles. The molecule has 30 heavy (non-hydrogen) atoms. The molecule has 0 saturated carbocycles. The van der Waals surface area contributed by atoms with Crippen LogP contribution in [0.25, 0.3) is 11.6 Å². The maximum Gasteiger partial charge on any atom is 0.175 e. The van der Waals surface area contributed by atoms with Crippen LogP contribution in [0.1, 0.15) is 16.7 Å². The number of rotatable bonds is 7. The lowest BCUT2D eigenvalue weighted by Crippen LogP contribution is -1.99. The predicted molar refractivity (Wildman–Crippen MR) is 123 cm³/mol. The minimum atomic E-state index is 0.372. The summed E-state index contributed by atoms with van der Waals surface area (Å²) in [4.78, 5) is 0. The van der Waals surface area contributed by atoms with Gasteiger partial charge < -0.3 is 14.2 Å². The molecule has 3 aromatic rings. The summed E-state index contributed by atoms with van der Waals surface area (Å²) in [5.41, 5.74) is 3.13. The third kappa shape index (κ3) is 5.35. The Morgan fingerprint density at radius 2 is 1.73 bits per heavy atom. The van der Waals surface area contributed by atoms with Gasteiger partial charge in [0.2, 0.25) is 0 Å². The van der Waals surface area contributed by atoms with Gasteiger partial charge in [0.1, 0.15) is 12.4 Å². The third-order valence-corrected chi connectivity index (χ3v) is 5.22. The average molecular weight is 485 g/mol. The number of ether oxygens (including phenoxy) is 3. The first kappa shape index (κ1) is 21.8. The number of allylic oxidation sites excluding steroid dienone is 1. The number of benzene rings is 3. The summed E-state index contributed by atoms with van der Waals surface area (Å²) in [6.07, 6.45) is 1.80. The summed E-state index contributed by atoms with van der Waals surface area (Å²) in [5.74, 6) is 1.90. The van der Waals surface area contributed by atoms with E-state index < -0.39 is 0 Å². The van der Waals surface area contributed by atoms with E-state index >= 15 is 0 Å². The van der Waals surface area contributed by atoms with Crippen LogP contribution in [0.15, 0.2) is 65.1 Å². The predicted octanol–water partition coefficient (Wildman–Crippen LogP) is 6.76. The summed E-state index contributed by atoms with van der Waals surface area (Å²) >= 11 is 9.49. The van der Waals surface area contributed by atoms with Crippen LogP contribution in [0.5, 0.6) is 17.2 Å². The number of halogens is 2. The highest BCUT2D eigenvalue weighted by Crippen LogP contribution is 2.38. The number of nitrogens with zero attached hydrogens (tertiary/aromatic N) is 1. The molecule has 0 aliphatic heterocycles. The average Bonchev–Trinajstić information content (AvgIpc) is 2.77. The highest BCUT2D eigenvalue weighted by molar-refractivity contribution is 9.10. The maximum atomic E-state index is 9.62. The number of methoxy groups -OCH3 is 2. The summed E-state index contributed by atoms with van der Waals surface area (Å²) in [5, 5.41) is 10.3. The van der Waals surface area contributed by atoms with Gasteiger partial charge in [0.05, 0.1) is 30.3 Å². The Morgan fingerprint density at radius 3 is 2.33 bits per heavy atom. The summed E-state index contributed by atoms with van der Waals surface area (Å²) in [7, 11) is 3.19. The molecule has 3 rings (SSSR count). The van der Waals surface area contributed by atoms with Crippen LogP contribution in [0.4, 0.5) is 0 Å². The fraction of sp³-hybridized carbons (Fsp3) is 0.125. The fourth-order valence-corrected chi connectivity index (χ4v) is 3.52. The molecule has 152 valence electrons. The van der Waals surface area contributed by atoms with Crippen LogP contribution in [0, 0.1) is 11.3 Å². The first-order valence-electron chi connectivity index (χ1n) is 9.05. The summed E-state index contributed by atoms with van der Waals surface area (Å²) in [6.45, 7) is 0.372. The molecule has 0 heterocycles. The highest BCUT2D eigenvalue weighted by atomic mass is 79.9. The first-order chi connectivity index (χ1) is 14.5. The van der Waals surface area contributed by atoms with Crippen molar-refractivity contribution in [2.24, 2.45) is 0 Å². The van der Waals surface area contributed by atoms with Gasteiger partial charge in [-0.3, -0.25) is 0 Å². The van der Waals surface area contributed by atoms with Gasteiger partial charge in [-0.2, -0.15) is 5.26 Å². The molecule has 0 aliphatic rings. The van der Waals surface area contributed by atoms with E-state index in [4.69, 9.17) is 25.8 Å². The molecule has 0 radical (unpaired) electrons. The van der Waals surface area contributed by atoms with Crippen molar-refractivity contribution in [3.63, 3.8) is 0 Å². The van der Waals surface area contributed by atoms with Crippen molar-refractivity contribution in [3.05, 3.63) is 86.8 Å². The minimum absolute atomic E-state index is 0.372. The van der Waals surface area contributed by atoms with Crippen molar-refractivity contribution in [1.29, 1.82) is 5.26 Å². The number of hydrogen-bond donors (Lipinski definition) is 0. The van der Waals surface area contributed by atoms with Crippen molar-refractivity contribution in [2.75, 3.05) is 14.2 Å². The normalized spacial score (nSPS) is 11.0. The molecule has 0 bridgehead atoms. The Balaban J connectivity index is 1.87. The van der Waals surface area contributed by atoms with Crippen LogP contribution >= 0.6 is 27.5 Å². The minimum Gasteiger partial charge on any atom is -0.497 e. The zero-order valence-corrected chi connectivity index (χ0v) is 18.8. The molecule has 0 fully saturated rings. The number of hydrogen-bond acceptors (Lipinski definition) is 4. The lowest BCUT2D eigenvalue weighted by atomic mass is 10.0. The van der Waals surface area contributed by atoms with Gasteiger partial charge in [0.15, 0.2) is 11.5 Å². The van der Waals surface area contributed by atoms with Gasteiger partial charge in [-0.05, 0) is 87.2 Å². The quantitative estimate of drug-likeness (QED) is 0.274. The van der Waals surface area contributed by atoms with Crippen LogP contribution in [0.2, 0.25) is 5.02 Å². The highest BCUT2D eigenvalue weighted by Gasteiger charge is 2.12. The summed E-state index contributed by atoms with van der Waals surface area (Å²) < 4.78 is 17.4. The van der Waals surface area contributed by atoms with E-state index in [1.54, 1.807) is 20.3 Å². The van der Waals surface area contributed by atoms with E-state index in [2.05, 4.69) is 22.0 Å². The lowest BCUT2D eigenvalue weighted by molar-refractivity contribution is 0.282.